The average Bonchev–Trinajstić information content (AvgIpc) is 3.27. The summed E-state index contributed by atoms with van der Waals surface area (Å²) < 4.78 is 53.3. The van der Waals surface area contributed by atoms with Gasteiger partial charge in [0.15, 0.2) is 5.13 Å². The molecule has 27 heavy (non-hydrogen) atoms. The predicted octanol–water partition coefficient (Wildman–Crippen LogP) is 3.23. The number of sulfonamides is 1. The third-order valence-electron chi connectivity index (χ3n) is 4.23. The van der Waals surface area contributed by atoms with E-state index in [2.05, 4.69) is 10.3 Å². The van der Waals surface area contributed by atoms with Gasteiger partial charge in [0.05, 0.1) is 17.0 Å². The Balaban J connectivity index is 1.54. The maximum absolute atomic E-state index is 13.8. The molecule has 1 saturated heterocycles. The van der Waals surface area contributed by atoms with E-state index in [0.29, 0.717) is 13.1 Å². The van der Waals surface area contributed by atoms with Crippen molar-refractivity contribution in [3.8, 4) is 11.3 Å². The Hall–Kier alpha value is -1.91. The fraction of sp³-hybridized carbons (Fsp3) is 0.412. The van der Waals surface area contributed by atoms with Crippen molar-refractivity contribution in [2.24, 2.45) is 0 Å². The summed E-state index contributed by atoms with van der Waals surface area (Å²) in [5.74, 6) is -1.93. The summed E-state index contributed by atoms with van der Waals surface area (Å²) in [6, 6.07) is 3.53. The molecule has 146 valence electrons. The molecule has 2 heterocycles. The SMILES string of the molecule is O=C(CCCS(=O)(=O)N1CCCC1)Nc1nc(-c2c(F)cccc2F)cs1. The van der Waals surface area contributed by atoms with Gasteiger partial charge in [-0.3, -0.25) is 4.79 Å². The molecule has 0 aliphatic carbocycles. The standard InChI is InChI=1S/C17H19F2N3O3S2/c18-12-5-3-6-13(19)16(12)14-11-26-17(20-14)21-15(23)7-4-10-27(24,25)22-8-1-2-9-22/h3,5-6,11H,1-2,4,7-10H2,(H,20,21,23). The zero-order valence-electron chi connectivity index (χ0n) is 14.5. The molecule has 0 radical (unpaired) electrons. The second-order valence-corrected chi connectivity index (χ2v) is 9.16. The number of hydrogen-bond donors (Lipinski definition) is 1. The van der Waals surface area contributed by atoms with Crippen LogP contribution < -0.4 is 5.32 Å². The number of carbonyl (C=O) groups excluding carboxylic acids is 1. The molecule has 0 saturated carbocycles. The molecule has 0 atom stereocenters. The van der Waals surface area contributed by atoms with Crippen molar-refractivity contribution in [3.63, 3.8) is 0 Å². The number of anilines is 1. The molecule has 1 aromatic carbocycles. The van der Waals surface area contributed by atoms with Crippen LogP contribution in [0.5, 0.6) is 0 Å². The van der Waals surface area contributed by atoms with Crippen molar-refractivity contribution in [1.82, 2.24) is 9.29 Å². The second kappa shape index (κ2) is 8.41. The molecule has 1 fully saturated rings. The summed E-state index contributed by atoms with van der Waals surface area (Å²) in [7, 11) is -3.31. The Labute approximate surface area is 160 Å². The highest BCUT2D eigenvalue weighted by molar-refractivity contribution is 7.89. The minimum absolute atomic E-state index is 0.0239. The van der Waals surface area contributed by atoms with Crippen molar-refractivity contribution in [2.75, 3.05) is 24.2 Å². The predicted molar refractivity (Wildman–Crippen MR) is 99.9 cm³/mol. The van der Waals surface area contributed by atoms with Crippen LogP contribution in [0.25, 0.3) is 11.3 Å². The number of nitrogens with zero attached hydrogens (tertiary/aromatic N) is 2. The highest BCUT2D eigenvalue weighted by Gasteiger charge is 2.25. The van der Waals surface area contributed by atoms with E-state index in [1.165, 1.54) is 15.8 Å². The van der Waals surface area contributed by atoms with Gasteiger partial charge in [-0.1, -0.05) is 6.07 Å². The molecule has 10 heteroatoms. The first-order valence-corrected chi connectivity index (χ1v) is 11.0. The minimum atomic E-state index is -3.31. The summed E-state index contributed by atoms with van der Waals surface area (Å²) in [6.45, 7) is 1.09. The fourth-order valence-electron chi connectivity index (χ4n) is 2.88. The number of benzene rings is 1. The van der Waals surface area contributed by atoms with E-state index in [1.54, 1.807) is 0 Å². The number of halogens is 2. The van der Waals surface area contributed by atoms with Crippen molar-refractivity contribution in [2.45, 2.75) is 25.7 Å². The lowest BCUT2D eigenvalue weighted by atomic mass is 10.1. The first kappa shape index (κ1) is 19.8. The lowest BCUT2D eigenvalue weighted by Gasteiger charge is -2.14. The summed E-state index contributed by atoms with van der Waals surface area (Å²) in [5, 5.41) is 4.20. The van der Waals surface area contributed by atoms with Gasteiger partial charge >= 0.3 is 0 Å². The number of nitrogens with one attached hydrogen (secondary N) is 1. The second-order valence-electron chi connectivity index (χ2n) is 6.21. The Kier molecular flexibility index (Phi) is 6.18. The lowest BCUT2D eigenvalue weighted by Crippen LogP contribution is -2.30. The van der Waals surface area contributed by atoms with Crippen LogP contribution in [0.1, 0.15) is 25.7 Å². The van der Waals surface area contributed by atoms with E-state index >= 15 is 0 Å². The van der Waals surface area contributed by atoms with Crippen LogP contribution in [0.2, 0.25) is 0 Å². The van der Waals surface area contributed by atoms with Gasteiger partial charge in [-0.15, -0.1) is 11.3 Å². The van der Waals surface area contributed by atoms with Gasteiger partial charge in [0.1, 0.15) is 11.6 Å². The Morgan fingerprint density at radius 3 is 2.56 bits per heavy atom. The van der Waals surface area contributed by atoms with Crippen LogP contribution in [0.15, 0.2) is 23.6 Å². The van der Waals surface area contributed by atoms with Gasteiger partial charge < -0.3 is 5.32 Å². The number of aromatic nitrogens is 1. The van der Waals surface area contributed by atoms with Crippen LogP contribution in [0, 0.1) is 11.6 Å². The molecule has 1 N–H and O–H groups in total. The monoisotopic (exact) mass is 415 g/mol. The first-order valence-electron chi connectivity index (χ1n) is 8.54. The van der Waals surface area contributed by atoms with Crippen LogP contribution in [-0.4, -0.2) is 42.5 Å². The summed E-state index contributed by atoms with van der Waals surface area (Å²) >= 11 is 1.05. The number of hydrogen-bond acceptors (Lipinski definition) is 5. The van der Waals surface area contributed by atoms with E-state index < -0.39 is 21.7 Å². The maximum atomic E-state index is 13.8. The molecule has 1 aliphatic heterocycles. The average molecular weight is 415 g/mol. The largest absolute Gasteiger partial charge is 0.302 e. The van der Waals surface area contributed by atoms with E-state index in [0.717, 1.165) is 36.3 Å². The van der Waals surface area contributed by atoms with E-state index in [-0.39, 0.29) is 40.9 Å². The molecular weight excluding hydrogens is 396 g/mol. The number of carbonyl (C=O) groups is 1. The normalized spacial score (nSPS) is 15.2. The molecule has 1 aliphatic rings. The van der Waals surface area contributed by atoms with E-state index in [4.69, 9.17) is 0 Å². The zero-order valence-corrected chi connectivity index (χ0v) is 16.1. The molecule has 0 spiro atoms. The third kappa shape index (κ3) is 4.88. The quantitative estimate of drug-likeness (QED) is 0.753. The van der Waals surface area contributed by atoms with Gasteiger partial charge in [-0.2, -0.15) is 0 Å². The Bertz CT molecular complexity index is 905. The van der Waals surface area contributed by atoms with Crippen LogP contribution in [0.4, 0.5) is 13.9 Å². The van der Waals surface area contributed by atoms with Gasteiger partial charge in [-0.25, -0.2) is 26.5 Å². The first-order chi connectivity index (χ1) is 12.9. The van der Waals surface area contributed by atoms with E-state index in [9.17, 15) is 22.0 Å². The smallest absolute Gasteiger partial charge is 0.226 e. The molecule has 0 bridgehead atoms. The molecule has 6 nitrogen and oxygen atoms in total. The lowest BCUT2D eigenvalue weighted by molar-refractivity contribution is -0.116. The Morgan fingerprint density at radius 1 is 1.22 bits per heavy atom. The fourth-order valence-corrected chi connectivity index (χ4v) is 5.18. The maximum Gasteiger partial charge on any atom is 0.226 e. The Morgan fingerprint density at radius 2 is 1.89 bits per heavy atom. The van der Waals surface area contributed by atoms with Crippen LogP contribution >= 0.6 is 11.3 Å². The minimum Gasteiger partial charge on any atom is -0.302 e. The van der Waals surface area contributed by atoms with Gasteiger partial charge in [0.25, 0.3) is 0 Å². The van der Waals surface area contributed by atoms with Crippen molar-refractivity contribution in [3.05, 3.63) is 35.2 Å². The molecular formula is C17H19F2N3O3S2. The highest BCUT2D eigenvalue weighted by atomic mass is 32.2. The molecule has 2 aromatic rings. The number of thiazole rings is 1. The van der Waals surface area contributed by atoms with Crippen LogP contribution in [-0.2, 0) is 14.8 Å². The number of amides is 1. The van der Waals surface area contributed by atoms with Crippen LogP contribution in [0.3, 0.4) is 0 Å². The summed E-state index contributed by atoms with van der Waals surface area (Å²) in [5.41, 5.74) is -0.145. The van der Waals surface area contributed by atoms with Crippen molar-refractivity contribution < 1.29 is 22.0 Å². The molecule has 1 aromatic heterocycles. The van der Waals surface area contributed by atoms with Crippen molar-refractivity contribution >= 4 is 32.4 Å². The summed E-state index contributed by atoms with van der Waals surface area (Å²) in [6.07, 6.45) is 1.96. The van der Waals surface area contributed by atoms with Gasteiger partial charge in [0.2, 0.25) is 15.9 Å². The van der Waals surface area contributed by atoms with Gasteiger partial charge in [-0.05, 0) is 31.4 Å². The summed E-state index contributed by atoms with van der Waals surface area (Å²) in [4.78, 5) is 16.0. The highest BCUT2D eigenvalue weighted by Crippen LogP contribution is 2.29. The third-order valence-corrected chi connectivity index (χ3v) is 6.95. The molecule has 1 amide bonds. The zero-order chi connectivity index (χ0) is 19.4. The topological polar surface area (TPSA) is 79.4 Å². The number of rotatable bonds is 7. The van der Waals surface area contributed by atoms with Crippen molar-refractivity contribution in [1.29, 1.82) is 0 Å². The van der Waals surface area contributed by atoms with Gasteiger partial charge in [0, 0.05) is 24.9 Å². The molecule has 0 unspecified atom stereocenters. The van der Waals surface area contributed by atoms with E-state index in [1.807, 2.05) is 0 Å². The molecule has 3 rings (SSSR count).